The molecule has 1 aliphatic heterocycles. The van der Waals surface area contributed by atoms with E-state index in [0.717, 1.165) is 25.7 Å². The summed E-state index contributed by atoms with van der Waals surface area (Å²) in [4.78, 5) is 26.8. The molecule has 2 aliphatic rings. The lowest BCUT2D eigenvalue weighted by molar-refractivity contribution is 0.0927. The first-order valence-electron chi connectivity index (χ1n) is 11.7. The smallest absolute Gasteiger partial charge is 0.321 e. The van der Waals surface area contributed by atoms with Crippen LogP contribution in [0.5, 0.6) is 0 Å². The second kappa shape index (κ2) is 10.1. The Morgan fingerprint density at radius 2 is 1.65 bits per heavy atom. The van der Waals surface area contributed by atoms with Gasteiger partial charge >= 0.3 is 6.03 Å². The summed E-state index contributed by atoms with van der Waals surface area (Å²) in [5.41, 5.74) is 1.46. The number of amides is 3. The maximum Gasteiger partial charge on any atom is 0.321 e. The number of carbonyl (C=O) groups is 2. The molecule has 1 saturated heterocycles. The SMILES string of the molecule is Cc1noc(C)c1S(=O)(=O)N1CCN(C(=O)Nc2ccc(C(=O)NC3CCCCC3)cc2)CC1. The lowest BCUT2D eigenvalue weighted by atomic mass is 9.95. The zero-order chi connectivity index (χ0) is 24.3. The lowest BCUT2D eigenvalue weighted by Gasteiger charge is -2.33. The maximum absolute atomic E-state index is 12.9. The van der Waals surface area contributed by atoms with Crippen LogP contribution in [0.25, 0.3) is 0 Å². The van der Waals surface area contributed by atoms with Crippen LogP contribution in [0.1, 0.15) is 53.9 Å². The van der Waals surface area contributed by atoms with E-state index in [0.29, 0.717) is 16.9 Å². The predicted molar refractivity (Wildman–Crippen MR) is 126 cm³/mol. The highest BCUT2D eigenvalue weighted by Crippen LogP contribution is 2.24. The van der Waals surface area contributed by atoms with Crippen LogP contribution in [0.3, 0.4) is 0 Å². The van der Waals surface area contributed by atoms with Crippen LogP contribution in [0.15, 0.2) is 33.7 Å². The van der Waals surface area contributed by atoms with Crippen molar-refractivity contribution in [2.75, 3.05) is 31.5 Å². The Morgan fingerprint density at radius 1 is 1.00 bits per heavy atom. The third-order valence-electron chi connectivity index (χ3n) is 6.43. The van der Waals surface area contributed by atoms with Gasteiger partial charge in [0.25, 0.3) is 5.91 Å². The van der Waals surface area contributed by atoms with Crippen molar-refractivity contribution in [3.63, 3.8) is 0 Å². The number of aromatic nitrogens is 1. The van der Waals surface area contributed by atoms with Crippen LogP contribution in [0, 0.1) is 13.8 Å². The number of anilines is 1. The maximum atomic E-state index is 12.9. The second-order valence-electron chi connectivity index (χ2n) is 8.86. The van der Waals surface area contributed by atoms with Crippen LogP contribution in [0.2, 0.25) is 0 Å². The van der Waals surface area contributed by atoms with Gasteiger partial charge in [-0.1, -0.05) is 24.4 Å². The van der Waals surface area contributed by atoms with E-state index in [2.05, 4.69) is 15.8 Å². The van der Waals surface area contributed by atoms with E-state index in [1.165, 1.54) is 10.7 Å². The van der Waals surface area contributed by atoms with Crippen LogP contribution in [-0.2, 0) is 10.0 Å². The molecule has 10 nitrogen and oxygen atoms in total. The lowest BCUT2D eigenvalue weighted by Crippen LogP contribution is -2.51. The molecular formula is C23H31N5O5S. The third-order valence-corrected chi connectivity index (χ3v) is 8.57. The van der Waals surface area contributed by atoms with Gasteiger partial charge in [-0.2, -0.15) is 4.31 Å². The number of benzene rings is 1. The number of piperazine rings is 1. The van der Waals surface area contributed by atoms with Crippen molar-refractivity contribution in [3.8, 4) is 0 Å². The molecular weight excluding hydrogens is 458 g/mol. The Hall–Kier alpha value is -2.92. The number of aryl methyl sites for hydroxylation is 2. The van der Waals surface area contributed by atoms with Crippen molar-refractivity contribution in [2.45, 2.75) is 56.9 Å². The molecule has 2 aromatic rings. The van der Waals surface area contributed by atoms with Gasteiger partial charge in [-0.25, -0.2) is 13.2 Å². The van der Waals surface area contributed by atoms with Gasteiger partial charge in [0.05, 0.1) is 0 Å². The van der Waals surface area contributed by atoms with E-state index in [1.54, 1.807) is 43.0 Å². The molecule has 1 aromatic carbocycles. The summed E-state index contributed by atoms with van der Waals surface area (Å²) in [7, 11) is -3.73. The summed E-state index contributed by atoms with van der Waals surface area (Å²) in [5, 5.41) is 9.64. The van der Waals surface area contributed by atoms with Crippen LogP contribution < -0.4 is 10.6 Å². The minimum Gasteiger partial charge on any atom is -0.360 e. The molecule has 0 bridgehead atoms. The molecule has 1 saturated carbocycles. The summed E-state index contributed by atoms with van der Waals surface area (Å²) in [6, 6.07) is 6.72. The summed E-state index contributed by atoms with van der Waals surface area (Å²) < 4.78 is 32.2. The number of hydrogen-bond acceptors (Lipinski definition) is 6. The van der Waals surface area contributed by atoms with E-state index in [9.17, 15) is 18.0 Å². The van der Waals surface area contributed by atoms with Gasteiger partial charge in [0.15, 0.2) is 5.76 Å². The number of hydrogen-bond donors (Lipinski definition) is 2. The second-order valence-corrected chi connectivity index (χ2v) is 10.7. The Kier molecular flexibility index (Phi) is 7.22. The third kappa shape index (κ3) is 5.25. The zero-order valence-corrected chi connectivity index (χ0v) is 20.4. The molecule has 0 spiro atoms. The van der Waals surface area contributed by atoms with E-state index in [1.807, 2.05) is 0 Å². The molecule has 11 heteroatoms. The van der Waals surface area contributed by atoms with Gasteiger partial charge < -0.3 is 20.1 Å². The number of rotatable bonds is 5. The van der Waals surface area contributed by atoms with Crippen molar-refractivity contribution in [2.24, 2.45) is 0 Å². The van der Waals surface area contributed by atoms with Crippen molar-refractivity contribution < 1.29 is 22.5 Å². The monoisotopic (exact) mass is 489 g/mol. The number of urea groups is 1. The Balaban J connectivity index is 1.29. The average molecular weight is 490 g/mol. The first-order chi connectivity index (χ1) is 16.3. The van der Waals surface area contributed by atoms with Crippen molar-refractivity contribution in [1.82, 2.24) is 19.7 Å². The highest BCUT2D eigenvalue weighted by molar-refractivity contribution is 7.89. The van der Waals surface area contributed by atoms with Crippen LogP contribution in [0.4, 0.5) is 10.5 Å². The molecule has 2 heterocycles. The molecule has 0 unspecified atom stereocenters. The number of nitrogens with zero attached hydrogens (tertiary/aromatic N) is 3. The van der Waals surface area contributed by atoms with Crippen molar-refractivity contribution >= 4 is 27.6 Å². The largest absolute Gasteiger partial charge is 0.360 e. The molecule has 0 atom stereocenters. The van der Waals surface area contributed by atoms with Gasteiger partial charge in [0, 0.05) is 43.5 Å². The Bertz CT molecular complexity index is 1110. The quantitative estimate of drug-likeness (QED) is 0.665. The summed E-state index contributed by atoms with van der Waals surface area (Å²) in [5.74, 6) is 0.161. The molecule has 2 N–H and O–H groups in total. The van der Waals surface area contributed by atoms with Gasteiger partial charge in [-0.05, 0) is 51.0 Å². The fourth-order valence-corrected chi connectivity index (χ4v) is 6.24. The van der Waals surface area contributed by atoms with E-state index in [4.69, 9.17) is 4.52 Å². The van der Waals surface area contributed by atoms with Gasteiger partial charge in [0.1, 0.15) is 10.6 Å². The normalized spacial score (nSPS) is 18.0. The van der Waals surface area contributed by atoms with E-state index in [-0.39, 0.29) is 54.8 Å². The molecule has 184 valence electrons. The highest BCUT2D eigenvalue weighted by atomic mass is 32.2. The standard InChI is InChI=1S/C23H31N5O5S/c1-16-21(17(2)33-26-16)34(31,32)28-14-12-27(13-15-28)23(30)25-20-10-8-18(9-11-20)22(29)24-19-6-4-3-5-7-19/h8-11,19H,3-7,12-15H2,1-2H3,(H,24,29)(H,25,30). The van der Waals surface area contributed by atoms with Crippen molar-refractivity contribution in [1.29, 1.82) is 0 Å². The van der Waals surface area contributed by atoms with Gasteiger partial charge in [-0.15, -0.1) is 0 Å². The summed E-state index contributed by atoms with van der Waals surface area (Å²) >= 11 is 0. The number of sulfonamides is 1. The fraction of sp³-hybridized carbons (Fsp3) is 0.522. The van der Waals surface area contributed by atoms with E-state index < -0.39 is 10.0 Å². The minimum atomic E-state index is -3.73. The average Bonchev–Trinajstić information content (AvgIpc) is 3.18. The summed E-state index contributed by atoms with van der Waals surface area (Å²) in [6.45, 7) is 4.05. The fourth-order valence-electron chi connectivity index (χ4n) is 4.53. The topological polar surface area (TPSA) is 125 Å². The van der Waals surface area contributed by atoms with E-state index >= 15 is 0 Å². The predicted octanol–water partition coefficient (Wildman–Crippen LogP) is 2.89. The minimum absolute atomic E-state index is 0.0954. The van der Waals surface area contributed by atoms with Crippen LogP contribution >= 0.6 is 0 Å². The Labute approximate surface area is 199 Å². The number of nitrogens with one attached hydrogen (secondary N) is 2. The highest BCUT2D eigenvalue weighted by Gasteiger charge is 2.34. The van der Waals surface area contributed by atoms with Gasteiger partial charge in [-0.3, -0.25) is 4.79 Å². The molecule has 1 aromatic heterocycles. The molecule has 34 heavy (non-hydrogen) atoms. The van der Waals surface area contributed by atoms with Crippen molar-refractivity contribution in [3.05, 3.63) is 41.3 Å². The molecule has 3 amide bonds. The molecule has 0 radical (unpaired) electrons. The molecule has 2 fully saturated rings. The van der Waals surface area contributed by atoms with Crippen LogP contribution in [-0.4, -0.2) is 66.9 Å². The molecule has 1 aliphatic carbocycles. The Morgan fingerprint density at radius 3 is 2.24 bits per heavy atom. The first-order valence-corrected chi connectivity index (χ1v) is 13.1. The summed E-state index contributed by atoms with van der Waals surface area (Å²) in [6.07, 6.45) is 5.57. The number of carbonyl (C=O) groups excluding carboxylic acids is 2. The molecule has 4 rings (SSSR count). The first kappa shape index (κ1) is 24.2. The zero-order valence-electron chi connectivity index (χ0n) is 19.5. The van der Waals surface area contributed by atoms with Gasteiger partial charge in [0.2, 0.25) is 10.0 Å².